The minimum atomic E-state index is 0.424. The lowest BCUT2D eigenvalue weighted by molar-refractivity contribution is 0.562. The maximum atomic E-state index is 8.75. The van der Waals surface area contributed by atoms with Gasteiger partial charge in [0.2, 0.25) is 0 Å². The molecule has 31 heavy (non-hydrogen) atoms. The fourth-order valence-electron chi connectivity index (χ4n) is 4.14. The molecular formula is C26H29N5. The second kappa shape index (κ2) is 9.58. The van der Waals surface area contributed by atoms with Crippen molar-refractivity contribution in [2.24, 2.45) is 0 Å². The standard InChI is InChI=1S/C26H29N5/c1-29-17-26(28)31(18-21-11-6-9-19-8-2-3-12-22(19)21)25(27)15-7-10-20-16-30-24-14-5-4-13-23(20)24/h2-6,8-9,11-14,16,27-30H,7,10,15,17-18H2,1H3. The van der Waals surface area contributed by atoms with Gasteiger partial charge in [0, 0.05) is 23.5 Å². The van der Waals surface area contributed by atoms with Crippen LogP contribution in [0.3, 0.4) is 0 Å². The molecule has 4 N–H and O–H groups in total. The zero-order chi connectivity index (χ0) is 21.6. The van der Waals surface area contributed by atoms with Crippen molar-refractivity contribution in [1.29, 1.82) is 10.8 Å². The topological polar surface area (TPSA) is 78.8 Å². The Kier molecular flexibility index (Phi) is 6.43. The predicted molar refractivity (Wildman–Crippen MR) is 130 cm³/mol. The molecule has 0 radical (unpaired) electrons. The van der Waals surface area contributed by atoms with E-state index < -0.39 is 0 Å². The molecule has 0 amide bonds. The monoisotopic (exact) mass is 411 g/mol. The van der Waals surface area contributed by atoms with Crippen LogP contribution in [-0.2, 0) is 13.0 Å². The minimum Gasteiger partial charge on any atom is -0.361 e. The highest BCUT2D eigenvalue weighted by atomic mass is 15.2. The van der Waals surface area contributed by atoms with Crippen molar-refractivity contribution in [3.63, 3.8) is 0 Å². The minimum absolute atomic E-state index is 0.424. The van der Waals surface area contributed by atoms with E-state index in [1.807, 2.05) is 30.1 Å². The van der Waals surface area contributed by atoms with E-state index in [0.29, 0.717) is 31.2 Å². The van der Waals surface area contributed by atoms with Crippen LogP contribution in [-0.4, -0.2) is 35.1 Å². The fraction of sp³-hybridized carbons (Fsp3) is 0.231. The molecule has 5 nitrogen and oxygen atoms in total. The molecule has 3 aromatic carbocycles. The van der Waals surface area contributed by atoms with Crippen LogP contribution in [0.5, 0.6) is 0 Å². The molecule has 0 bridgehead atoms. The van der Waals surface area contributed by atoms with Gasteiger partial charge in [0.15, 0.2) is 0 Å². The van der Waals surface area contributed by atoms with Crippen LogP contribution in [0.25, 0.3) is 21.7 Å². The highest BCUT2D eigenvalue weighted by Gasteiger charge is 2.17. The number of nitrogens with one attached hydrogen (secondary N) is 4. The van der Waals surface area contributed by atoms with Crippen LogP contribution in [0.4, 0.5) is 0 Å². The molecule has 158 valence electrons. The number of aromatic amines is 1. The predicted octanol–water partition coefficient (Wildman–Crippen LogP) is 5.32. The number of fused-ring (bicyclic) bond motifs is 2. The summed E-state index contributed by atoms with van der Waals surface area (Å²) in [6.07, 6.45) is 4.50. The Bertz CT molecular complexity index is 1200. The van der Waals surface area contributed by atoms with E-state index in [1.165, 1.54) is 21.7 Å². The van der Waals surface area contributed by atoms with Gasteiger partial charge >= 0.3 is 0 Å². The van der Waals surface area contributed by atoms with Crippen LogP contribution >= 0.6 is 0 Å². The van der Waals surface area contributed by atoms with Crippen molar-refractivity contribution >= 4 is 33.3 Å². The second-order valence-corrected chi connectivity index (χ2v) is 7.86. The summed E-state index contributed by atoms with van der Waals surface area (Å²) in [5.74, 6) is 0.917. The van der Waals surface area contributed by atoms with Gasteiger partial charge in [-0.05, 0) is 47.9 Å². The van der Waals surface area contributed by atoms with Gasteiger partial charge in [-0.1, -0.05) is 60.7 Å². The van der Waals surface area contributed by atoms with Crippen molar-refractivity contribution in [3.8, 4) is 0 Å². The van der Waals surface area contributed by atoms with Gasteiger partial charge in [0.1, 0.15) is 11.7 Å². The first-order valence-electron chi connectivity index (χ1n) is 10.8. The van der Waals surface area contributed by atoms with Crippen LogP contribution in [0, 0.1) is 10.8 Å². The summed E-state index contributed by atoms with van der Waals surface area (Å²) in [5.41, 5.74) is 3.58. The van der Waals surface area contributed by atoms with E-state index in [1.54, 1.807) is 0 Å². The number of rotatable bonds is 8. The number of amidine groups is 2. The maximum Gasteiger partial charge on any atom is 0.116 e. The zero-order valence-electron chi connectivity index (χ0n) is 17.9. The lowest BCUT2D eigenvalue weighted by Gasteiger charge is -2.26. The molecule has 0 unspecified atom stereocenters. The highest BCUT2D eigenvalue weighted by Crippen LogP contribution is 2.22. The third-order valence-corrected chi connectivity index (χ3v) is 5.74. The number of hydrogen-bond donors (Lipinski definition) is 4. The summed E-state index contributed by atoms with van der Waals surface area (Å²) in [6.45, 7) is 0.976. The summed E-state index contributed by atoms with van der Waals surface area (Å²) < 4.78 is 0. The van der Waals surface area contributed by atoms with E-state index in [-0.39, 0.29) is 0 Å². The highest BCUT2D eigenvalue weighted by molar-refractivity contribution is 5.99. The van der Waals surface area contributed by atoms with Gasteiger partial charge in [-0.25, -0.2) is 0 Å². The summed E-state index contributed by atoms with van der Waals surface area (Å²) in [5, 5.41) is 24.0. The Hall–Kier alpha value is -3.44. The Balaban J connectivity index is 1.47. The summed E-state index contributed by atoms with van der Waals surface area (Å²) >= 11 is 0. The van der Waals surface area contributed by atoms with E-state index in [2.05, 4.69) is 65.0 Å². The van der Waals surface area contributed by atoms with Gasteiger partial charge in [-0.3, -0.25) is 10.8 Å². The molecule has 0 aliphatic rings. The van der Waals surface area contributed by atoms with Crippen molar-refractivity contribution in [2.75, 3.05) is 13.6 Å². The zero-order valence-corrected chi connectivity index (χ0v) is 17.9. The number of likely N-dealkylation sites (N-methyl/N-ethyl adjacent to an activating group) is 1. The van der Waals surface area contributed by atoms with Crippen molar-refractivity contribution in [2.45, 2.75) is 25.8 Å². The molecule has 0 fully saturated rings. The molecule has 0 atom stereocenters. The first-order valence-corrected chi connectivity index (χ1v) is 10.8. The van der Waals surface area contributed by atoms with Crippen molar-refractivity contribution in [3.05, 3.63) is 84.1 Å². The van der Waals surface area contributed by atoms with Gasteiger partial charge < -0.3 is 15.2 Å². The smallest absolute Gasteiger partial charge is 0.116 e. The Labute approximate surface area is 183 Å². The number of aryl methyl sites for hydroxylation is 1. The molecule has 1 aromatic heterocycles. The number of H-pyrrole nitrogens is 1. The molecule has 4 aromatic rings. The third kappa shape index (κ3) is 4.67. The summed E-state index contributed by atoms with van der Waals surface area (Å²) in [7, 11) is 1.84. The van der Waals surface area contributed by atoms with E-state index in [4.69, 9.17) is 10.8 Å². The quantitative estimate of drug-likeness (QED) is 0.234. The van der Waals surface area contributed by atoms with Crippen LogP contribution in [0.1, 0.15) is 24.0 Å². The van der Waals surface area contributed by atoms with Gasteiger partial charge in [0.25, 0.3) is 0 Å². The van der Waals surface area contributed by atoms with Crippen molar-refractivity contribution < 1.29 is 0 Å². The number of nitrogens with zero attached hydrogens (tertiary/aromatic N) is 1. The summed E-state index contributed by atoms with van der Waals surface area (Å²) in [4.78, 5) is 5.17. The average molecular weight is 412 g/mol. The normalized spacial score (nSPS) is 11.1. The molecule has 0 spiro atoms. The first-order chi connectivity index (χ1) is 15.2. The first kappa shape index (κ1) is 20.8. The fourth-order valence-corrected chi connectivity index (χ4v) is 4.14. The number of para-hydroxylation sites is 1. The molecule has 4 rings (SSSR count). The SMILES string of the molecule is CNCC(=N)N(Cc1cccc2ccccc12)C(=N)CCCc1c[nH]c2ccccc12. The summed E-state index contributed by atoms with van der Waals surface area (Å²) in [6, 6.07) is 22.9. The Morgan fingerprint density at radius 3 is 2.45 bits per heavy atom. The van der Waals surface area contributed by atoms with Gasteiger partial charge in [0.05, 0.1) is 13.1 Å². The van der Waals surface area contributed by atoms with E-state index in [0.717, 1.165) is 23.9 Å². The lowest BCUT2D eigenvalue weighted by atomic mass is 10.0. The largest absolute Gasteiger partial charge is 0.361 e. The van der Waals surface area contributed by atoms with Crippen LogP contribution < -0.4 is 5.32 Å². The van der Waals surface area contributed by atoms with Crippen LogP contribution in [0.2, 0.25) is 0 Å². The Morgan fingerprint density at radius 1 is 0.871 bits per heavy atom. The van der Waals surface area contributed by atoms with Crippen molar-refractivity contribution in [1.82, 2.24) is 15.2 Å². The number of aromatic nitrogens is 1. The van der Waals surface area contributed by atoms with E-state index in [9.17, 15) is 0 Å². The van der Waals surface area contributed by atoms with E-state index >= 15 is 0 Å². The lowest BCUT2D eigenvalue weighted by Crippen LogP contribution is -2.40. The molecule has 0 saturated carbocycles. The average Bonchev–Trinajstić information content (AvgIpc) is 3.20. The second-order valence-electron chi connectivity index (χ2n) is 7.86. The Morgan fingerprint density at radius 2 is 1.61 bits per heavy atom. The van der Waals surface area contributed by atoms with Crippen LogP contribution in [0.15, 0.2) is 72.9 Å². The molecule has 0 aliphatic heterocycles. The van der Waals surface area contributed by atoms with Gasteiger partial charge in [-0.2, -0.15) is 0 Å². The molecule has 0 aliphatic carbocycles. The molecule has 5 heteroatoms. The molecule has 1 heterocycles. The third-order valence-electron chi connectivity index (χ3n) is 5.74. The molecule has 0 saturated heterocycles. The maximum absolute atomic E-state index is 8.75. The molecular weight excluding hydrogens is 382 g/mol. The number of benzene rings is 3. The number of hydrogen-bond acceptors (Lipinski definition) is 3. The van der Waals surface area contributed by atoms with Gasteiger partial charge in [-0.15, -0.1) is 0 Å².